The summed E-state index contributed by atoms with van der Waals surface area (Å²) in [4.78, 5) is 145. The van der Waals surface area contributed by atoms with Crippen molar-refractivity contribution in [1.82, 2.24) is 51.6 Å². The predicted octanol–water partition coefficient (Wildman–Crippen LogP) is 6.14. The number of nitrogens with two attached hydrogens (primary N) is 1. The van der Waals surface area contributed by atoms with Gasteiger partial charge in [-0.3, -0.25) is 48.2 Å². The fraction of sp³-hybridized carbons (Fsp3) is 0.637. The van der Waals surface area contributed by atoms with E-state index in [4.69, 9.17) is 38.9 Å². The third-order valence-corrected chi connectivity index (χ3v) is 19.6. The number of nitrogens with zero attached hydrogens (tertiary/aromatic N) is 4. The molecule has 2 aromatic carbocycles. The van der Waals surface area contributed by atoms with Gasteiger partial charge in [0, 0.05) is 77.9 Å². The van der Waals surface area contributed by atoms with Crippen LogP contribution in [-0.2, 0) is 84.5 Å². The Morgan fingerprint density at radius 1 is 0.691 bits per heavy atom. The van der Waals surface area contributed by atoms with Gasteiger partial charge in [0.15, 0.2) is 0 Å². The molecule has 1 aliphatic heterocycles. The number of primary amides is 1. The summed E-state index contributed by atoms with van der Waals surface area (Å²) in [5, 5.41) is 30.5. The third kappa shape index (κ3) is 31.6. The predicted molar refractivity (Wildman–Crippen MR) is 417 cm³/mol. The number of ether oxygens (including phenoxy) is 7. The van der Waals surface area contributed by atoms with Crippen LogP contribution in [0.5, 0.6) is 0 Å². The average Bonchev–Trinajstić information content (AvgIpc) is 1.42. The van der Waals surface area contributed by atoms with Crippen LogP contribution in [0.2, 0.25) is 0 Å². The van der Waals surface area contributed by atoms with Crippen molar-refractivity contribution in [1.29, 1.82) is 0 Å². The summed E-state index contributed by atoms with van der Waals surface area (Å²) in [5.74, 6) is -5.47. The first-order chi connectivity index (χ1) is 52.4. The molecule has 30 heteroatoms. The van der Waals surface area contributed by atoms with E-state index in [9.17, 15) is 53.1 Å². The SMILES string of the molecule is C=Cc1cc(C)nc(CCC(=O)NCCOCCOCCOCCOCCC(=O)N[C@H](C(=O)N[C@@H](CCCNC(N)=O)C(=O)Nc2ccc(COC(=O)N(C)[C@H](C(=O)N[C@H](C(=O)N(C)C([C@@H](C)CC)[C@@H](CC(=O)N3CCC[C@H]3C(OC)[C@@H](C)C(=O)N[C@H](C)[C@@H](O)c3ccccc3)OC)C(C)C)C(C)C)cc2)C(C)C)c1. The van der Waals surface area contributed by atoms with Gasteiger partial charge in [0.05, 0.1) is 102 Å². The summed E-state index contributed by atoms with van der Waals surface area (Å²) in [7, 11) is 6.08. The number of nitrogens with one attached hydrogen (secondary N) is 7. The fourth-order valence-electron chi connectivity index (χ4n) is 13.2. The topological polar surface area (TPSA) is 388 Å². The Hall–Kier alpha value is -8.65. The fourth-order valence-corrected chi connectivity index (χ4v) is 13.2. The van der Waals surface area contributed by atoms with Crippen LogP contribution in [0.3, 0.4) is 0 Å². The van der Waals surface area contributed by atoms with Gasteiger partial charge in [-0.05, 0) is 111 Å². The number of methoxy groups -OCH3 is 2. The lowest BCUT2D eigenvalue weighted by Gasteiger charge is -2.41. The lowest BCUT2D eigenvalue weighted by molar-refractivity contribution is -0.148. The number of amides is 11. The minimum atomic E-state index is -1.12. The van der Waals surface area contributed by atoms with Gasteiger partial charge in [-0.2, -0.15) is 0 Å². The quantitative estimate of drug-likeness (QED) is 0.0286. The van der Waals surface area contributed by atoms with Crippen molar-refractivity contribution in [2.24, 2.45) is 35.3 Å². The van der Waals surface area contributed by atoms with Crippen molar-refractivity contribution in [3.05, 3.63) is 101 Å². The zero-order chi connectivity index (χ0) is 81.6. The number of likely N-dealkylation sites (tertiary alicyclic amines) is 1. The summed E-state index contributed by atoms with van der Waals surface area (Å²) >= 11 is 0. The molecule has 2 heterocycles. The Morgan fingerprint density at radius 3 is 1.90 bits per heavy atom. The standard InChI is InChI=1S/C80H126N12O18/c1-17-53(9)71(64(104-15)48-67(95)92-37-23-27-63(92)73(105-16)55(11)74(97)85-56(12)72(96)59-24-20-19-21-25-59)90(13)78(101)69(51(5)6)89-77(100)70(52(7)8)91(14)80(103)110-49-58-28-30-60(31-29-58)86-75(98)62(26-22-35-83-79(81)102)87-76(99)68(50(3)4)88-66(94)34-38-106-40-42-108-44-45-109-43-41-107-39-36-82-65(93)33-32-61-47-57(18-2)46-54(10)84-61/h18-21,24-25,28-31,46-47,50-53,55-56,62-64,68-73,96H,2,17,22-23,26-27,32-45,48-49H2,1,3-16H3,(H,82,93)(H,85,97)(H,86,98)(H,87,99)(H,88,94)(H,89,100)(H3,81,83,102)/t53-,55+,56+,62-,63-,64+,68-,69-,70-,71?,72+,73?/m0/s1. The zero-order valence-corrected chi connectivity index (χ0v) is 67.4. The molecule has 10 N–H and O–H groups in total. The number of aromatic nitrogens is 1. The molecule has 1 aromatic heterocycles. The summed E-state index contributed by atoms with van der Waals surface area (Å²) in [6.07, 6.45) is 1.43. The number of hydrogen-bond acceptors (Lipinski definition) is 19. The molecule has 11 amide bonds. The minimum Gasteiger partial charge on any atom is -0.445 e. The Bertz CT molecular complexity index is 3370. The number of urea groups is 1. The normalized spacial score (nSPS) is 15.8. The number of pyridine rings is 1. The van der Waals surface area contributed by atoms with E-state index < -0.39 is 126 Å². The molecule has 2 unspecified atom stereocenters. The van der Waals surface area contributed by atoms with Crippen LogP contribution in [0, 0.1) is 36.5 Å². The lowest BCUT2D eigenvalue weighted by Crippen LogP contribution is -2.60. The average molecular weight is 1540 g/mol. The van der Waals surface area contributed by atoms with E-state index in [0.29, 0.717) is 95.0 Å². The Labute approximate surface area is 650 Å². The lowest BCUT2D eigenvalue weighted by atomic mass is 9.89. The molecular weight excluding hydrogens is 1420 g/mol. The van der Waals surface area contributed by atoms with Crippen molar-refractivity contribution in [3.8, 4) is 0 Å². The summed E-state index contributed by atoms with van der Waals surface area (Å²) in [6, 6.07) is 12.6. The highest BCUT2D eigenvalue weighted by Crippen LogP contribution is 2.31. The van der Waals surface area contributed by atoms with Crippen LogP contribution in [0.4, 0.5) is 15.3 Å². The maximum Gasteiger partial charge on any atom is 0.410 e. The Morgan fingerprint density at radius 2 is 1.32 bits per heavy atom. The molecular formula is C80H126N12O18. The number of hydrogen-bond donors (Lipinski definition) is 9. The molecule has 3 aromatic rings. The second-order valence-electron chi connectivity index (χ2n) is 29.1. The molecule has 1 saturated heterocycles. The number of aliphatic hydroxyl groups excluding tert-OH is 1. The number of carbonyl (C=O) groups is 10. The summed E-state index contributed by atoms with van der Waals surface area (Å²) in [6.45, 7) is 26.6. The van der Waals surface area contributed by atoms with E-state index in [0.717, 1.165) is 17.0 Å². The molecule has 0 aliphatic carbocycles. The van der Waals surface area contributed by atoms with Crippen LogP contribution in [0.1, 0.15) is 155 Å². The van der Waals surface area contributed by atoms with Crippen LogP contribution in [0.25, 0.3) is 6.08 Å². The minimum absolute atomic E-state index is 0.0500. The second kappa shape index (κ2) is 49.6. The van der Waals surface area contributed by atoms with Crippen molar-refractivity contribution in [3.63, 3.8) is 0 Å². The van der Waals surface area contributed by atoms with E-state index in [1.165, 1.54) is 26.2 Å². The van der Waals surface area contributed by atoms with E-state index in [-0.39, 0.29) is 82.3 Å². The second-order valence-corrected chi connectivity index (χ2v) is 29.1. The monoisotopic (exact) mass is 1540 g/mol. The molecule has 12 atom stereocenters. The molecule has 0 saturated carbocycles. The van der Waals surface area contributed by atoms with Gasteiger partial charge in [0.2, 0.25) is 47.3 Å². The molecule has 614 valence electrons. The van der Waals surface area contributed by atoms with Crippen molar-refractivity contribution >= 4 is 71.1 Å². The van der Waals surface area contributed by atoms with E-state index >= 15 is 0 Å². The van der Waals surface area contributed by atoms with Crippen molar-refractivity contribution < 1.29 is 86.2 Å². The van der Waals surface area contributed by atoms with E-state index in [1.807, 2.05) is 51.1 Å². The molecule has 1 aliphatic rings. The maximum absolute atomic E-state index is 14.9. The van der Waals surface area contributed by atoms with E-state index in [1.54, 1.807) is 115 Å². The number of carbonyl (C=O) groups excluding carboxylic acids is 10. The van der Waals surface area contributed by atoms with Gasteiger partial charge in [-0.25, -0.2) is 9.59 Å². The Kier molecular flexibility index (Phi) is 42.2. The highest BCUT2D eigenvalue weighted by atomic mass is 16.6. The zero-order valence-electron chi connectivity index (χ0n) is 67.4. The summed E-state index contributed by atoms with van der Waals surface area (Å²) < 4.78 is 40.0. The summed E-state index contributed by atoms with van der Waals surface area (Å²) in [5.41, 5.74) is 9.48. The smallest absolute Gasteiger partial charge is 0.410 e. The van der Waals surface area contributed by atoms with Crippen molar-refractivity contribution in [2.45, 2.75) is 201 Å². The van der Waals surface area contributed by atoms with Gasteiger partial charge in [0.1, 0.15) is 30.8 Å². The third-order valence-electron chi connectivity index (χ3n) is 19.6. The first kappa shape index (κ1) is 93.7. The van der Waals surface area contributed by atoms with Crippen LogP contribution in [0.15, 0.2) is 73.3 Å². The number of likely N-dealkylation sites (N-methyl/N-ethyl adjacent to an activating group) is 2. The highest BCUT2D eigenvalue weighted by molar-refractivity contribution is 5.98. The van der Waals surface area contributed by atoms with Crippen LogP contribution in [-0.4, -0.2) is 239 Å². The molecule has 4 rings (SSSR count). The number of benzene rings is 2. The molecule has 110 heavy (non-hydrogen) atoms. The number of anilines is 1. The molecule has 0 spiro atoms. The molecule has 0 bridgehead atoms. The van der Waals surface area contributed by atoms with E-state index in [2.05, 4.69) is 48.8 Å². The number of aliphatic hydroxyl groups is 1. The largest absolute Gasteiger partial charge is 0.445 e. The first-order valence-electron chi connectivity index (χ1n) is 38.4. The molecule has 30 nitrogen and oxygen atoms in total. The van der Waals surface area contributed by atoms with Gasteiger partial charge in [-0.15, -0.1) is 0 Å². The van der Waals surface area contributed by atoms with Gasteiger partial charge < -0.3 is 91.0 Å². The van der Waals surface area contributed by atoms with Crippen molar-refractivity contribution in [2.75, 3.05) is 106 Å². The van der Waals surface area contributed by atoms with Gasteiger partial charge in [0.25, 0.3) is 0 Å². The van der Waals surface area contributed by atoms with Crippen LogP contribution < -0.4 is 43.0 Å². The number of rotatable bonds is 51. The highest BCUT2D eigenvalue weighted by Gasteiger charge is 2.44. The number of aryl methyl sites for hydroxylation is 2. The van der Waals surface area contributed by atoms with Gasteiger partial charge in [-0.1, -0.05) is 124 Å². The maximum atomic E-state index is 14.9. The van der Waals surface area contributed by atoms with Gasteiger partial charge >= 0.3 is 12.1 Å². The first-order valence-corrected chi connectivity index (χ1v) is 38.4. The molecule has 0 radical (unpaired) electrons. The van der Waals surface area contributed by atoms with Crippen LogP contribution >= 0.6 is 0 Å². The Balaban J connectivity index is 1.25. The molecule has 1 fully saturated rings.